The number of carbonyl (C=O) groups is 1. The van der Waals surface area contributed by atoms with E-state index in [1.807, 2.05) is 6.07 Å². The van der Waals surface area contributed by atoms with Crippen LogP contribution in [0.2, 0.25) is 0 Å². The average Bonchev–Trinajstić information content (AvgIpc) is 3.09. The SMILES string of the molecule is O=C1NC(N2CCCC2)NC2NCCC(c3ccccc3)C12. The van der Waals surface area contributed by atoms with E-state index in [0.29, 0.717) is 5.92 Å². The second-order valence-corrected chi connectivity index (χ2v) is 6.58. The largest absolute Gasteiger partial charge is 0.328 e. The van der Waals surface area contributed by atoms with Gasteiger partial charge in [-0.05, 0) is 37.3 Å². The lowest BCUT2D eigenvalue weighted by Crippen LogP contribution is -2.72. The first-order valence-electron chi connectivity index (χ1n) is 8.42. The van der Waals surface area contributed by atoms with Crippen molar-refractivity contribution in [2.75, 3.05) is 19.6 Å². The number of rotatable bonds is 2. The Bertz CT molecular complexity index is 529. The van der Waals surface area contributed by atoms with Gasteiger partial charge >= 0.3 is 0 Å². The van der Waals surface area contributed by atoms with E-state index in [1.165, 1.54) is 18.4 Å². The molecule has 0 saturated carbocycles. The Morgan fingerprint density at radius 3 is 2.64 bits per heavy atom. The van der Waals surface area contributed by atoms with Crippen LogP contribution in [0.15, 0.2) is 30.3 Å². The molecule has 3 aliphatic rings. The fourth-order valence-corrected chi connectivity index (χ4v) is 4.14. The zero-order valence-electron chi connectivity index (χ0n) is 12.8. The molecule has 4 atom stereocenters. The van der Waals surface area contributed by atoms with Gasteiger partial charge in [-0.1, -0.05) is 30.3 Å². The number of hydrogen-bond donors (Lipinski definition) is 3. The predicted octanol–water partition coefficient (Wildman–Crippen LogP) is 0.805. The van der Waals surface area contributed by atoms with Crippen molar-refractivity contribution in [2.24, 2.45) is 5.92 Å². The van der Waals surface area contributed by atoms with Crippen LogP contribution in [0, 0.1) is 5.92 Å². The summed E-state index contributed by atoms with van der Waals surface area (Å²) < 4.78 is 0. The maximum Gasteiger partial charge on any atom is 0.228 e. The maximum absolute atomic E-state index is 12.8. The molecule has 4 unspecified atom stereocenters. The molecule has 3 N–H and O–H groups in total. The van der Waals surface area contributed by atoms with E-state index in [1.54, 1.807) is 0 Å². The lowest BCUT2D eigenvalue weighted by Gasteiger charge is -2.46. The normalized spacial score (nSPS) is 35.9. The van der Waals surface area contributed by atoms with Gasteiger partial charge in [0.25, 0.3) is 0 Å². The fraction of sp³-hybridized carbons (Fsp3) is 0.588. The third kappa shape index (κ3) is 2.53. The Kier molecular flexibility index (Phi) is 3.86. The summed E-state index contributed by atoms with van der Waals surface area (Å²) in [4.78, 5) is 15.1. The van der Waals surface area contributed by atoms with Gasteiger partial charge in [-0.15, -0.1) is 0 Å². The number of hydrogen-bond acceptors (Lipinski definition) is 4. The molecule has 0 aliphatic carbocycles. The van der Waals surface area contributed by atoms with Gasteiger partial charge in [0.2, 0.25) is 5.91 Å². The predicted molar refractivity (Wildman–Crippen MR) is 85.0 cm³/mol. The zero-order valence-corrected chi connectivity index (χ0v) is 12.8. The van der Waals surface area contributed by atoms with Crippen LogP contribution < -0.4 is 16.0 Å². The highest BCUT2D eigenvalue weighted by atomic mass is 16.2. The van der Waals surface area contributed by atoms with Gasteiger partial charge in [0.1, 0.15) is 6.29 Å². The number of nitrogens with zero attached hydrogens (tertiary/aromatic N) is 1. The molecule has 0 spiro atoms. The molecule has 0 bridgehead atoms. The second-order valence-electron chi connectivity index (χ2n) is 6.58. The Morgan fingerprint density at radius 2 is 1.86 bits per heavy atom. The summed E-state index contributed by atoms with van der Waals surface area (Å²) in [6, 6.07) is 10.4. The summed E-state index contributed by atoms with van der Waals surface area (Å²) in [5.41, 5.74) is 1.27. The van der Waals surface area contributed by atoms with Gasteiger partial charge in [-0.2, -0.15) is 0 Å². The lowest BCUT2D eigenvalue weighted by atomic mass is 9.78. The highest BCUT2D eigenvalue weighted by molar-refractivity contribution is 5.81. The molecule has 5 nitrogen and oxygen atoms in total. The first-order chi connectivity index (χ1) is 10.8. The first-order valence-corrected chi connectivity index (χ1v) is 8.42. The van der Waals surface area contributed by atoms with Crippen molar-refractivity contribution in [1.29, 1.82) is 0 Å². The molecular formula is C17H24N4O. The Labute approximate surface area is 131 Å². The second kappa shape index (κ2) is 5.99. The topological polar surface area (TPSA) is 56.4 Å². The summed E-state index contributed by atoms with van der Waals surface area (Å²) in [6.07, 6.45) is 3.51. The summed E-state index contributed by atoms with van der Waals surface area (Å²) in [5.74, 6) is 0.441. The van der Waals surface area contributed by atoms with Crippen molar-refractivity contribution < 1.29 is 4.79 Å². The van der Waals surface area contributed by atoms with Crippen LogP contribution in [-0.2, 0) is 4.79 Å². The summed E-state index contributed by atoms with van der Waals surface area (Å²) in [5, 5.41) is 10.3. The van der Waals surface area contributed by atoms with Crippen LogP contribution in [0.25, 0.3) is 0 Å². The molecular weight excluding hydrogens is 276 g/mol. The lowest BCUT2D eigenvalue weighted by molar-refractivity contribution is -0.135. The van der Waals surface area contributed by atoms with Gasteiger partial charge in [-0.25, -0.2) is 0 Å². The van der Waals surface area contributed by atoms with Crippen LogP contribution >= 0.6 is 0 Å². The van der Waals surface area contributed by atoms with E-state index in [0.717, 1.165) is 26.1 Å². The van der Waals surface area contributed by atoms with E-state index in [2.05, 4.69) is 45.1 Å². The standard InChI is InChI=1S/C17H24N4O/c22-16-14-13(12-6-2-1-3-7-12)8-9-18-15(14)19-17(20-16)21-10-4-5-11-21/h1-3,6-7,13-15,17-19H,4-5,8-11H2,(H,20,22). The summed E-state index contributed by atoms with van der Waals surface area (Å²) in [6.45, 7) is 3.09. The highest BCUT2D eigenvalue weighted by Gasteiger charge is 2.44. The Hall–Kier alpha value is -1.43. The molecule has 1 amide bonds. The van der Waals surface area contributed by atoms with Gasteiger partial charge in [0, 0.05) is 13.1 Å². The fourth-order valence-electron chi connectivity index (χ4n) is 4.14. The third-order valence-electron chi connectivity index (χ3n) is 5.26. The molecule has 3 saturated heterocycles. The Balaban J connectivity index is 1.54. The molecule has 3 heterocycles. The third-order valence-corrected chi connectivity index (χ3v) is 5.26. The minimum absolute atomic E-state index is 0.0155. The van der Waals surface area contributed by atoms with Crippen LogP contribution in [0.5, 0.6) is 0 Å². The number of amides is 1. The van der Waals surface area contributed by atoms with Crippen LogP contribution in [-0.4, -0.2) is 42.9 Å². The van der Waals surface area contributed by atoms with E-state index in [9.17, 15) is 4.79 Å². The summed E-state index contributed by atoms with van der Waals surface area (Å²) in [7, 11) is 0. The Morgan fingerprint density at radius 1 is 1.09 bits per heavy atom. The van der Waals surface area contributed by atoms with E-state index < -0.39 is 0 Å². The van der Waals surface area contributed by atoms with Gasteiger partial charge in [-0.3, -0.25) is 15.0 Å². The van der Waals surface area contributed by atoms with Crippen molar-refractivity contribution >= 4 is 5.91 Å². The van der Waals surface area contributed by atoms with Crippen molar-refractivity contribution in [3.8, 4) is 0 Å². The molecule has 1 aromatic carbocycles. The van der Waals surface area contributed by atoms with E-state index in [4.69, 9.17) is 0 Å². The molecule has 3 aliphatic heterocycles. The molecule has 4 rings (SSSR count). The van der Waals surface area contributed by atoms with E-state index in [-0.39, 0.29) is 24.3 Å². The molecule has 22 heavy (non-hydrogen) atoms. The molecule has 1 aromatic rings. The van der Waals surface area contributed by atoms with Gasteiger partial charge < -0.3 is 10.6 Å². The zero-order chi connectivity index (χ0) is 14.9. The summed E-state index contributed by atoms with van der Waals surface area (Å²) >= 11 is 0. The van der Waals surface area contributed by atoms with E-state index >= 15 is 0 Å². The monoisotopic (exact) mass is 300 g/mol. The van der Waals surface area contributed by atoms with Crippen LogP contribution in [0.1, 0.15) is 30.7 Å². The molecule has 0 aromatic heterocycles. The molecule has 0 radical (unpaired) electrons. The van der Waals surface area contributed by atoms with Crippen molar-refractivity contribution in [3.63, 3.8) is 0 Å². The maximum atomic E-state index is 12.8. The number of nitrogens with one attached hydrogen (secondary N) is 3. The number of fused-ring (bicyclic) bond motifs is 1. The minimum atomic E-state index is -0.0324. The van der Waals surface area contributed by atoms with Crippen LogP contribution in [0.3, 0.4) is 0 Å². The number of piperidine rings is 1. The first kappa shape index (κ1) is 14.2. The quantitative estimate of drug-likeness (QED) is 0.756. The van der Waals surface area contributed by atoms with Crippen LogP contribution in [0.4, 0.5) is 0 Å². The van der Waals surface area contributed by atoms with Gasteiger partial charge in [0.05, 0.1) is 12.1 Å². The minimum Gasteiger partial charge on any atom is -0.328 e. The number of likely N-dealkylation sites (tertiary alicyclic amines) is 1. The number of benzene rings is 1. The van der Waals surface area contributed by atoms with Crippen molar-refractivity contribution in [3.05, 3.63) is 35.9 Å². The molecule has 118 valence electrons. The average molecular weight is 300 g/mol. The number of carbonyl (C=O) groups excluding carboxylic acids is 1. The smallest absolute Gasteiger partial charge is 0.228 e. The van der Waals surface area contributed by atoms with Gasteiger partial charge in [0.15, 0.2) is 0 Å². The highest BCUT2D eigenvalue weighted by Crippen LogP contribution is 2.34. The molecule has 5 heteroatoms. The van der Waals surface area contributed by atoms with Crippen molar-refractivity contribution in [2.45, 2.75) is 37.6 Å². The van der Waals surface area contributed by atoms with Crippen molar-refractivity contribution in [1.82, 2.24) is 20.9 Å². The molecule has 3 fully saturated rings.